The third-order valence-corrected chi connectivity index (χ3v) is 1.93. The van der Waals surface area contributed by atoms with Gasteiger partial charge in [0.25, 0.3) is 0 Å². The van der Waals surface area contributed by atoms with Crippen LogP contribution in [0.25, 0.3) is 0 Å². The molecule has 0 aliphatic heterocycles. The summed E-state index contributed by atoms with van der Waals surface area (Å²) in [6, 6.07) is 7.52. The summed E-state index contributed by atoms with van der Waals surface area (Å²) in [6.07, 6.45) is 0. The highest BCUT2D eigenvalue weighted by atomic mass is 35.5. The summed E-state index contributed by atoms with van der Waals surface area (Å²) in [7, 11) is 0. The summed E-state index contributed by atoms with van der Waals surface area (Å²) in [4.78, 5) is 0. The molecule has 1 aromatic carbocycles. The number of hydrogen-bond acceptors (Lipinski definition) is 1. The molecule has 0 heterocycles. The maximum absolute atomic E-state index is 8.66. The van der Waals surface area contributed by atoms with E-state index in [1.807, 2.05) is 26.0 Å². The van der Waals surface area contributed by atoms with E-state index in [0.29, 0.717) is 16.5 Å². The SMILES string of the molecule is CC.CC(C)c1cc(Cl)cc(C#N)c1. The van der Waals surface area contributed by atoms with Crippen LogP contribution >= 0.6 is 11.6 Å². The number of halogens is 1. The minimum atomic E-state index is 0.413. The van der Waals surface area contributed by atoms with Gasteiger partial charge in [-0.1, -0.05) is 39.3 Å². The highest BCUT2D eigenvalue weighted by Gasteiger charge is 2.02. The minimum absolute atomic E-state index is 0.413. The lowest BCUT2D eigenvalue weighted by Gasteiger charge is -2.05. The highest BCUT2D eigenvalue weighted by molar-refractivity contribution is 6.30. The number of rotatable bonds is 1. The largest absolute Gasteiger partial charge is 0.192 e. The third-order valence-electron chi connectivity index (χ3n) is 1.72. The topological polar surface area (TPSA) is 23.8 Å². The molecule has 0 unspecified atom stereocenters. The Balaban J connectivity index is 0.000000791. The molecule has 0 atom stereocenters. The van der Waals surface area contributed by atoms with Gasteiger partial charge in [-0.05, 0) is 29.7 Å². The number of hydrogen-bond donors (Lipinski definition) is 0. The molecule has 1 rings (SSSR count). The zero-order chi connectivity index (χ0) is 11.1. The van der Waals surface area contributed by atoms with Crippen LogP contribution in [-0.4, -0.2) is 0 Å². The van der Waals surface area contributed by atoms with E-state index in [0.717, 1.165) is 5.56 Å². The van der Waals surface area contributed by atoms with Crippen molar-refractivity contribution in [1.82, 2.24) is 0 Å². The van der Waals surface area contributed by atoms with Gasteiger partial charge in [0.05, 0.1) is 11.6 Å². The Labute approximate surface area is 91.3 Å². The van der Waals surface area contributed by atoms with Crippen molar-refractivity contribution in [2.24, 2.45) is 0 Å². The Morgan fingerprint density at radius 2 is 1.79 bits per heavy atom. The molecule has 0 spiro atoms. The van der Waals surface area contributed by atoms with Crippen LogP contribution in [0.3, 0.4) is 0 Å². The molecule has 0 fully saturated rings. The molecular formula is C12H16ClN. The van der Waals surface area contributed by atoms with Gasteiger partial charge in [0, 0.05) is 5.02 Å². The smallest absolute Gasteiger partial charge is 0.0992 e. The number of nitriles is 1. The third kappa shape index (κ3) is 3.81. The Hall–Kier alpha value is -1.00. The Kier molecular flexibility index (Phi) is 5.99. The molecule has 0 N–H and O–H groups in total. The molecule has 0 aromatic heterocycles. The maximum atomic E-state index is 8.66. The first-order valence-corrected chi connectivity index (χ1v) is 5.22. The van der Waals surface area contributed by atoms with Crippen LogP contribution in [0.4, 0.5) is 0 Å². The van der Waals surface area contributed by atoms with Crippen LogP contribution in [0.15, 0.2) is 18.2 Å². The molecule has 0 aliphatic rings. The molecule has 0 bridgehead atoms. The van der Waals surface area contributed by atoms with Crippen molar-refractivity contribution in [1.29, 1.82) is 5.26 Å². The van der Waals surface area contributed by atoms with E-state index in [4.69, 9.17) is 16.9 Å². The van der Waals surface area contributed by atoms with Gasteiger partial charge in [-0.3, -0.25) is 0 Å². The molecule has 0 amide bonds. The molecular weight excluding hydrogens is 194 g/mol. The molecule has 14 heavy (non-hydrogen) atoms. The molecule has 0 saturated heterocycles. The Morgan fingerprint density at radius 3 is 2.21 bits per heavy atom. The van der Waals surface area contributed by atoms with Gasteiger partial charge in [-0.15, -0.1) is 0 Å². The van der Waals surface area contributed by atoms with Crippen LogP contribution < -0.4 is 0 Å². The van der Waals surface area contributed by atoms with Gasteiger partial charge in [-0.25, -0.2) is 0 Å². The number of benzene rings is 1. The monoisotopic (exact) mass is 209 g/mol. The first kappa shape index (κ1) is 13.0. The zero-order valence-electron chi connectivity index (χ0n) is 9.13. The standard InChI is InChI=1S/C10H10ClN.C2H6/c1-7(2)9-3-8(6-12)4-10(11)5-9;1-2/h3-5,7H,1-2H3;1-2H3. The van der Waals surface area contributed by atoms with E-state index in [9.17, 15) is 0 Å². The van der Waals surface area contributed by atoms with Gasteiger partial charge in [0.1, 0.15) is 0 Å². The average Bonchev–Trinajstić information content (AvgIpc) is 2.20. The summed E-state index contributed by atoms with van der Waals surface area (Å²) in [6.45, 7) is 8.15. The number of nitrogens with zero attached hydrogens (tertiary/aromatic N) is 1. The van der Waals surface area contributed by atoms with Gasteiger partial charge in [0.15, 0.2) is 0 Å². The lowest BCUT2D eigenvalue weighted by Crippen LogP contribution is -1.88. The predicted octanol–water partition coefficient (Wildman–Crippen LogP) is 4.36. The molecule has 0 aliphatic carbocycles. The first-order chi connectivity index (χ1) is 6.63. The fraction of sp³-hybridized carbons (Fsp3) is 0.417. The Morgan fingerprint density at radius 1 is 1.21 bits per heavy atom. The summed E-state index contributed by atoms with van der Waals surface area (Å²) < 4.78 is 0. The fourth-order valence-electron chi connectivity index (χ4n) is 1.01. The van der Waals surface area contributed by atoms with Crippen molar-refractivity contribution < 1.29 is 0 Å². The van der Waals surface area contributed by atoms with Gasteiger partial charge >= 0.3 is 0 Å². The lowest BCUT2D eigenvalue weighted by molar-refractivity contribution is 0.866. The van der Waals surface area contributed by atoms with Crippen LogP contribution in [0.5, 0.6) is 0 Å². The average molecular weight is 210 g/mol. The fourth-order valence-corrected chi connectivity index (χ4v) is 1.25. The molecule has 0 saturated carbocycles. The van der Waals surface area contributed by atoms with E-state index in [1.165, 1.54) is 0 Å². The second-order valence-corrected chi connectivity index (χ2v) is 3.48. The molecule has 1 nitrogen and oxygen atoms in total. The van der Waals surface area contributed by atoms with E-state index in [2.05, 4.69) is 19.9 Å². The second-order valence-electron chi connectivity index (χ2n) is 3.04. The minimum Gasteiger partial charge on any atom is -0.192 e. The summed E-state index contributed by atoms with van der Waals surface area (Å²) in [5.41, 5.74) is 1.74. The summed E-state index contributed by atoms with van der Waals surface area (Å²) >= 11 is 5.82. The summed E-state index contributed by atoms with van der Waals surface area (Å²) in [5.74, 6) is 0.413. The lowest BCUT2D eigenvalue weighted by atomic mass is 10.0. The normalized spacial score (nSPS) is 8.93. The second kappa shape index (κ2) is 6.45. The quantitative estimate of drug-likeness (QED) is 0.674. The first-order valence-electron chi connectivity index (χ1n) is 4.84. The zero-order valence-corrected chi connectivity index (χ0v) is 9.89. The maximum Gasteiger partial charge on any atom is 0.0992 e. The van der Waals surface area contributed by atoms with Crippen LogP contribution in [0.1, 0.15) is 44.7 Å². The summed E-state index contributed by atoms with van der Waals surface area (Å²) in [5, 5.41) is 9.30. The van der Waals surface area contributed by atoms with Crippen LogP contribution in [0, 0.1) is 11.3 Å². The van der Waals surface area contributed by atoms with Crippen molar-refractivity contribution in [2.75, 3.05) is 0 Å². The molecule has 1 aromatic rings. The van der Waals surface area contributed by atoms with Crippen molar-refractivity contribution >= 4 is 11.6 Å². The predicted molar refractivity (Wildman–Crippen MR) is 61.6 cm³/mol. The molecule has 2 heteroatoms. The van der Waals surface area contributed by atoms with Crippen LogP contribution in [0.2, 0.25) is 5.02 Å². The van der Waals surface area contributed by atoms with Crippen molar-refractivity contribution in [3.05, 3.63) is 34.3 Å². The van der Waals surface area contributed by atoms with E-state index in [1.54, 1.807) is 6.07 Å². The molecule has 76 valence electrons. The molecule has 0 radical (unpaired) electrons. The highest BCUT2D eigenvalue weighted by Crippen LogP contribution is 2.20. The van der Waals surface area contributed by atoms with Crippen LogP contribution in [-0.2, 0) is 0 Å². The van der Waals surface area contributed by atoms with E-state index < -0.39 is 0 Å². The van der Waals surface area contributed by atoms with Gasteiger partial charge in [-0.2, -0.15) is 5.26 Å². The van der Waals surface area contributed by atoms with Gasteiger partial charge < -0.3 is 0 Å². The van der Waals surface area contributed by atoms with Crippen molar-refractivity contribution in [2.45, 2.75) is 33.6 Å². The van der Waals surface area contributed by atoms with Crippen molar-refractivity contribution in [3.63, 3.8) is 0 Å². The van der Waals surface area contributed by atoms with Gasteiger partial charge in [0.2, 0.25) is 0 Å². The Bertz CT molecular complexity index is 324. The van der Waals surface area contributed by atoms with E-state index in [-0.39, 0.29) is 0 Å². The van der Waals surface area contributed by atoms with Crippen molar-refractivity contribution in [3.8, 4) is 6.07 Å². The van der Waals surface area contributed by atoms with E-state index >= 15 is 0 Å².